The van der Waals surface area contributed by atoms with Gasteiger partial charge in [0.1, 0.15) is 17.6 Å². The second-order valence-corrected chi connectivity index (χ2v) is 11.3. The second-order valence-electron chi connectivity index (χ2n) is 11.3. The number of carbonyl (C=O) groups excluding carboxylic acids is 1. The SMILES string of the molecule is CC/C(F)=C(\C=C/CC1=CCC(C(=O)O)CC1)c1nc2nc(OC3CCN(C(=O)C(C)(C)CO)CC3)[nH]c2cc1F. The van der Waals surface area contributed by atoms with Crippen LogP contribution >= 0.6 is 0 Å². The number of hydrogen-bond donors (Lipinski definition) is 3. The molecule has 0 bridgehead atoms. The van der Waals surface area contributed by atoms with Crippen molar-refractivity contribution in [3.8, 4) is 6.01 Å². The molecule has 11 heteroatoms. The monoisotopic (exact) mass is 572 g/mol. The number of fused-ring (bicyclic) bond motifs is 1. The Hall–Kier alpha value is -3.60. The topological polar surface area (TPSA) is 129 Å². The number of aromatic nitrogens is 3. The van der Waals surface area contributed by atoms with Gasteiger partial charge in [0.25, 0.3) is 6.01 Å². The number of aliphatic carboxylic acids is 1. The highest BCUT2D eigenvalue weighted by molar-refractivity contribution is 5.82. The summed E-state index contributed by atoms with van der Waals surface area (Å²) in [6, 6.07) is 1.40. The first-order valence-electron chi connectivity index (χ1n) is 14.1. The summed E-state index contributed by atoms with van der Waals surface area (Å²) in [7, 11) is 0. The Bertz CT molecular complexity index is 1370. The number of nitrogens with zero attached hydrogens (tertiary/aromatic N) is 3. The summed E-state index contributed by atoms with van der Waals surface area (Å²) >= 11 is 0. The minimum absolute atomic E-state index is 0.0417. The first kappa shape index (κ1) is 30.4. The molecule has 1 aliphatic carbocycles. The molecule has 2 aliphatic rings. The van der Waals surface area contributed by atoms with Crippen LogP contribution in [0.1, 0.15) is 71.4 Å². The van der Waals surface area contributed by atoms with Crippen LogP contribution in [0.15, 0.2) is 35.7 Å². The molecular formula is C30H38F2N4O5. The van der Waals surface area contributed by atoms with E-state index in [1.165, 1.54) is 12.1 Å². The molecule has 0 radical (unpaired) electrons. The zero-order valence-electron chi connectivity index (χ0n) is 23.8. The van der Waals surface area contributed by atoms with E-state index in [0.717, 1.165) is 5.57 Å². The third-order valence-corrected chi connectivity index (χ3v) is 7.76. The van der Waals surface area contributed by atoms with Crippen molar-refractivity contribution in [2.45, 2.75) is 71.8 Å². The van der Waals surface area contributed by atoms with Gasteiger partial charge in [-0.1, -0.05) is 30.7 Å². The highest BCUT2D eigenvalue weighted by Gasteiger charge is 2.34. The number of carboxylic acids is 1. The number of aliphatic hydroxyl groups is 1. The first-order valence-corrected chi connectivity index (χ1v) is 14.1. The van der Waals surface area contributed by atoms with Gasteiger partial charge in [-0.05, 0) is 46.0 Å². The maximum atomic E-state index is 15.2. The van der Waals surface area contributed by atoms with Crippen LogP contribution < -0.4 is 4.74 Å². The molecular weight excluding hydrogens is 534 g/mol. The number of nitrogens with one attached hydrogen (secondary N) is 1. The molecule has 41 heavy (non-hydrogen) atoms. The van der Waals surface area contributed by atoms with Gasteiger partial charge in [0.05, 0.1) is 23.5 Å². The molecule has 1 fully saturated rings. The maximum Gasteiger partial charge on any atom is 0.306 e. The van der Waals surface area contributed by atoms with Gasteiger partial charge in [0.15, 0.2) is 11.5 Å². The number of carboxylic acid groups (broad SMARTS) is 1. The largest absolute Gasteiger partial charge is 0.481 e. The van der Waals surface area contributed by atoms with Gasteiger partial charge in [0, 0.05) is 37.6 Å². The molecule has 222 valence electrons. The highest BCUT2D eigenvalue weighted by atomic mass is 19.1. The summed E-state index contributed by atoms with van der Waals surface area (Å²) in [5.41, 5.74) is 0.643. The van der Waals surface area contributed by atoms with E-state index in [1.54, 1.807) is 31.7 Å². The summed E-state index contributed by atoms with van der Waals surface area (Å²) in [6.45, 7) is 5.80. The van der Waals surface area contributed by atoms with E-state index in [4.69, 9.17) is 9.84 Å². The minimum Gasteiger partial charge on any atom is -0.481 e. The molecule has 1 unspecified atom stereocenters. The van der Waals surface area contributed by atoms with Gasteiger partial charge >= 0.3 is 5.97 Å². The number of aromatic amines is 1. The Kier molecular flexibility index (Phi) is 9.57. The van der Waals surface area contributed by atoms with Crippen molar-refractivity contribution in [2.24, 2.45) is 11.3 Å². The molecule has 1 atom stereocenters. The van der Waals surface area contributed by atoms with Crippen molar-refractivity contribution >= 4 is 28.6 Å². The Morgan fingerprint density at radius 1 is 1.24 bits per heavy atom. The first-order chi connectivity index (χ1) is 19.5. The lowest BCUT2D eigenvalue weighted by Gasteiger charge is -2.36. The van der Waals surface area contributed by atoms with Crippen LogP contribution in [0.25, 0.3) is 16.7 Å². The molecule has 4 rings (SSSR count). The molecule has 2 aromatic rings. The standard InChI is InChI=1S/C30H38F2N4O5/c1-4-22(31)21(7-5-6-18-8-10-19(11-9-18)27(38)39)25-23(32)16-24-26(34-25)35-29(33-24)41-20-12-14-36(15-13-20)28(40)30(2,3)17-37/h5,7-8,16,19-20,37H,4,6,9-15,17H2,1-3H3,(H,38,39)(H,33,34,35)/b7-5-,22-21-. The lowest BCUT2D eigenvalue weighted by atomic mass is 9.88. The maximum absolute atomic E-state index is 15.2. The van der Waals surface area contributed by atoms with Crippen LogP contribution in [0, 0.1) is 17.2 Å². The number of likely N-dealkylation sites (tertiary alicyclic amines) is 1. The van der Waals surface area contributed by atoms with Crippen LogP contribution in [0.5, 0.6) is 6.01 Å². The number of carbonyl (C=O) groups is 2. The minimum atomic E-state index is -0.835. The number of aliphatic hydroxyl groups excluding tert-OH is 1. The van der Waals surface area contributed by atoms with Gasteiger partial charge in [0.2, 0.25) is 5.91 Å². The van der Waals surface area contributed by atoms with E-state index in [9.17, 15) is 19.1 Å². The quantitative estimate of drug-likeness (QED) is 0.259. The Balaban J connectivity index is 1.45. The molecule has 3 N–H and O–H groups in total. The van der Waals surface area contributed by atoms with Gasteiger partial charge in [-0.2, -0.15) is 4.98 Å². The fourth-order valence-electron chi connectivity index (χ4n) is 5.09. The number of rotatable bonds is 10. The van der Waals surface area contributed by atoms with Crippen molar-refractivity contribution in [3.63, 3.8) is 0 Å². The predicted octanol–water partition coefficient (Wildman–Crippen LogP) is 5.33. The Morgan fingerprint density at radius 2 is 1.98 bits per heavy atom. The van der Waals surface area contributed by atoms with Gasteiger partial charge in [-0.25, -0.2) is 13.8 Å². The van der Waals surface area contributed by atoms with E-state index in [0.29, 0.717) is 57.1 Å². The van der Waals surface area contributed by atoms with E-state index >= 15 is 4.39 Å². The normalized spacial score (nSPS) is 19.4. The van der Waals surface area contributed by atoms with E-state index in [1.807, 2.05) is 6.08 Å². The summed E-state index contributed by atoms with van der Waals surface area (Å²) < 4.78 is 36.1. The predicted molar refractivity (Wildman–Crippen MR) is 150 cm³/mol. The zero-order chi connectivity index (χ0) is 29.7. The van der Waals surface area contributed by atoms with Crippen LogP contribution in [-0.4, -0.2) is 67.7 Å². The number of hydrogen-bond acceptors (Lipinski definition) is 6. The van der Waals surface area contributed by atoms with Crippen molar-refractivity contribution in [3.05, 3.63) is 47.2 Å². The number of halogens is 2. The third kappa shape index (κ3) is 7.19. The van der Waals surface area contributed by atoms with E-state index < -0.39 is 23.0 Å². The van der Waals surface area contributed by atoms with Crippen molar-refractivity contribution < 1.29 is 33.3 Å². The summed E-state index contributed by atoms with van der Waals surface area (Å²) in [6.07, 6.45) is 8.40. The molecule has 2 aromatic heterocycles. The fraction of sp³-hybridized carbons (Fsp3) is 0.533. The number of imidazole rings is 1. The number of H-pyrrole nitrogens is 1. The molecule has 1 amide bonds. The zero-order valence-corrected chi connectivity index (χ0v) is 23.8. The molecule has 9 nitrogen and oxygen atoms in total. The van der Waals surface area contributed by atoms with Crippen molar-refractivity contribution in [1.82, 2.24) is 19.9 Å². The fourth-order valence-corrected chi connectivity index (χ4v) is 5.09. The molecule has 0 saturated carbocycles. The van der Waals surface area contributed by atoms with Crippen LogP contribution in [0.3, 0.4) is 0 Å². The second kappa shape index (κ2) is 12.9. The summed E-state index contributed by atoms with van der Waals surface area (Å²) in [5, 5.41) is 18.6. The van der Waals surface area contributed by atoms with Gasteiger partial charge in [-0.15, -0.1) is 0 Å². The third-order valence-electron chi connectivity index (χ3n) is 7.76. The molecule has 3 heterocycles. The van der Waals surface area contributed by atoms with Crippen LogP contribution in [0.2, 0.25) is 0 Å². The van der Waals surface area contributed by atoms with Crippen LogP contribution in [0.4, 0.5) is 8.78 Å². The van der Waals surface area contributed by atoms with Crippen LogP contribution in [-0.2, 0) is 9.59 Å². The number of ether oxygens (including phenoxy) is 1. The van der Waals surface area contributed by atoms with Crippen molar-refractivity contribution in [1.29, 1.82) is 0 Å². The Morgan fingerprint density at radius 3 is 2.59 bits per heavy atom. The smallest absolute Gasteiger partial charge is 0.306 e. The summed E-state index contributed by atoms with van der Waals surface area (Å²) in [4.78, 5) is 37.1. The van der Waals surface area contributed by atoms with Gasteiger partial charge in [-0.3, -0.25) is 9.59 Å². The average Bonchev–Trinajstić information content (AvgIpc) is 3.35. The molecule has 0 spiro atoms. The molecule has 1 aliphatic heterocycles. The lowest BCUT2D eigenvalue weighted by Crippen LogP contribution is -2.48. The van der Waals surface area contributed by atoms with Crippen molar-refractivity contribution in [2.75, 3.05) is 19.7 Å². The van der Waals surface area contributed by atoms with Gasteiger partial charge < -0.3 is 24.8 Å². The highest BCUT2D eigenvalue weighted by Crippen LogP contribution is 2.30. The lowest BCUT2D eigenvalue weighted by molar-refractivity contribution is -0.144. The molecule has 1 saturated heterocycles. The number of allylic oxidation sites excluding steroid dienone is 6. The number of piperidine rings is 1. The average molecular weight is 573 g/mol. The summed E-state index contributed by atoms with van der Waals surface area (Å²) in [5.74, 6) is -2.47. The van der Waals surface area contributed by atoms with E-state index in [2.05, 4.69) is 15.0 Å². The number of pyridine rings is 1. The number of amides is 1. The molecule has 0 aromatic carbocycles. The Labute approximate surface area is 238 Å². The van der Waals surface area contributed by atoms with E-state index in [-0.39, 0.29) is 53.9 Å².